The van der Waals surface area contributed by atoms with Gasteiger partial charge in [0.15, 0.2) is 0 Å². The second kappa shape index (κ2) is 9.59. The van der Waals surface area contributed by atoms with E-state index >= 15 is 0 Å². The van der Waals surface area contributed by atoms with Crippen LogP contribution in [-0.2, 0) is 4.74 Å². The molecule has 1 saturated carbocycles. The summed E-state index contributed by atoms with van der Waals surface area (Å²) in [5.74, 6) is -0.888. The molecule has 1 aromatic heterocycles. The van der Waals surface area contributed by atoms with Gasteiger partial charge in [-0.25, -0.2) is 0 Å². The average Bonchev–Trinajstić information content (AvgIpc) is 2.73. The summed E-state index contributed by atoms with van der Waals surface area (Å²) in [7, 11) is 0. The van der Waals surface area contributed by atoms with Gasteiger partial charge in [0.2, 0.25) is 0 Å². The van der Waals surface area contributed by atoms with E-state index in [4.69, 9.17) is 10.5 Å². The van der Waals surface area contributed by atoms with Gasteiger partial charge in [-0.05, 0) is 57.1 Å². The van der Waals surface area contributed by atoms with Crippen LogP contribution in [0.5, 0.6) is 5.75 Å². The number of morpholine rings is 1. The monoisotopic (exact) mass is 449 g/mol. The van der Waals surface area contributed by atoms with Gasteiger partial charge in [-0.1, -0.05) is 12.1 Å². The first kappa shape index (κ1) is 23.6. The summed E-state index contributed by atoms with van der Waals surface area (Å²) in [4.78, 5) is 27.4. The van der Waals surface area contributed by atoms with E-state index in [0.29, 0.717) is 16.9 Å². The number of amides is 1. The Kier molecular flexibility index (Phi) is 7.29. The molecule has 170 valence electrons. The maximum absolute atomic E-state index is 12.9. The smallest absolute Gasteiger partial charge is 0.267 e. The predicted molar refractivity (Wildman–Crippen MR) is 123 cm³/mol. The number of hydrogen-bond donors (Lipinski definition) is 2. The summed E-state index contributed by atoms with van der Waals surface area (Å²) in [6.07, 6.45) is 4.20. The topological polar surface area (TPSA) is 97.8 Å². The number of nitrogens with two attached hydrogens (primary N) is 1. The van der Waals surface area contributed by atoms with Crippen LogP contribution in [-0.4, -0.2) is 52.8 Å². The Bertz CT molecular complexity index is 1010. The number of rotatable bonds is 4. The fourth-order valence-electron chi connectivity index (χ4n) is 5.24. The van der Waals surface area contributed by atoms with E-state index in [9.17, 15) is 14.7 Å². The number of hydrogen-bond acceptors (Lipinski definition) is 5. The summed E-state index contributed by atoms with van der Waals surface area (Å²) in [6, 6.07) is 6.20. The van der Waals surface area contributed by atoms with Gasteiger partial charge in [-0.2, -0.15) is 0 Å². The number of primary amides is 1. The lowest BCUT2D eigenvalue weighted by Gasteiger charge is -2.39. The lowest BCUT2D eigenvalue weighted by atomic mass is 9.79. The SMILES string of the molecule is CC(C)n1c(=O)c(C(N)=O)c(O)c2c(C3CCC(N4CCOCC4)CC3)cccc21.Cl. The van der Waals surface area contributed by atoms with Gasteiger partial charge in [0.05, 0.1) is 18.7 Å². The summed E-state index contributed by atoms with van der Waals surface area (Å²) in [5.41, 5.74) is 6.29. The van der Waals surface area contributed by atoms with Crippen molar-refractivity contribution in [3.8, 4) is 5.75 Å². The van der Waals surface area contributed by atoms with E-state index in [2.05, 4.69) is 4.90 Å². The minimum absolute atomic E-state index is 0. The van der Waals surface area contributed by atoms with Crippen LogP contribution in [0.2, 0.25) is 0 Å². The maximum atomic E-state index is 12.9. The van der Waals surface area contributed by atoms with Gasteiger partial charge in [0.25, 0.3) is 11.5 Å². The Morgan fingerprint density at radius 3 is 2.39 bits per heavy atom. The Morgan fingerprint density at radius 1 is 1.16 bits per heavy atom. The van der Waals surface area contributed by atoms with Crippen LogP contribution in [0, 0.1) is 0 Å². The highest BCUT2D eigenvalue weighted by atomic mass is 35.5. The molecule has 31 heavy (non-hydrogen) atoms. The van der Waals surface area contributed by atoms with Crippen molar-refractivity contribution in [3.63, 3.8) is 0 Å². The van der Waals surface area contributed by atoms with E-state index in [0.717, 1.165) is 57.6 Å². The number of aromatic hydroxyl groups is 1. The number of carbonyl (C=O) groups excluding carboxylic acids is 1. The fraction of sp³-hybridized carbons (Fsp3) is 0.565. The van der Waals surface area contributed by atoms with Crippen molar-refractivity contribution in [2.24, 2.45) is 5.73 Å². The molecule has 2 heterocycles. The highest BCUT2D eigenvalue weighted by Gasteiger charge is 2.30. The molecule has 2 fully saturated rings. The van der Waals surface area contributed by atoms with Gasteiger partial charge in [0, 0.05) is 30.6 Å². The van der Waals surface area contributed by atoms with Crippen LogP contribution in [0.25, 0.3) is 10.9 Å². The quantitative estimate of drug-likeness (QED) is 0.747. The molecule has 1 amide bonds. The molecule has 0 radical (unpaired) electrons. The van der Waals surface area contributed by atoms with Gasteiger partial charge < -0.3 is 20.1 Å². The van der Waals surface area contributed by atoms with Gasteiger partial charge in [0.1, 0.15) is 11.3 Å². The van der Waals surface area contributed by atoms with Crippen LogP contribution in [0.15, 0.2) is 23.0 Å². The lowest BCUT2D eigenvalue weighted by Crippen LogP contribution is -2.44. The molecule has 0 bridgehead atoms. The summed E-state index contributed by atoms with van der Waals surface area (Å²) < 4.78 is 7.05. The van der Waals surface area contributed by atoms with E-state index in [1.54, 1.807) is 4.57 Å². The van der Waals surface area contributed by atoms with Crippen molar-refractivity contribution < 1.29 is 14.6 Å². The highest BCUT2D eigenvalue weighted by Crippen LogP contribution is 2.41. The second-order valence-corrected chi connectivity index (χ2v) is 8.75. The third-order valence-electron chi connectivity index (χ3n) is 6.70. The molecule has 2 aliphatic rings. The number of pyridine rings is 1. The zero-order valence-electron chi connectivity index (χ0n) is 18.2. The Labute approximate surface area is 188 Å². The fourth-order valence-corrected chi connectivity index (χ4v) is 5.24. The van der Waals surface area contributed by atoms with Crippen molar-refractivity contribution in [2.75, 3.05) is 26.3 Å². The molecule has 1 aliphatic heterocycles. The Morgan fingerprint density at radius 2 is 1.81 bits per heavy atom. The molecule has 7 nitrogen and oxygen atoms in total. The van der Waals surface area contributed by atoms with Gasteiger partial charge >= 0.3 is 0 Å². The van der Waals surface area contributed by atoms with E-state index < -0.39 is 11.5 Å². The number of ether oxygens (including phenoxy) is 1. The average molecular weight is 450 g/mol. The first-order valence-electron chi connectivity index (χ1n) is 10.9. The molecule has 2 aromatic rings. The number of halogens is 1. The Hall–Kier alpha value is -2.09. The predicted octanol–water partition coefficient (Wildman–Crippen LogP) is 3.17. The molecule has 0 spiro atoms. The van der Waals surface area contributed by atoms with E-state index in [-0.39, 0.29) is 35.7 Å². The maximum Gasteiger partial charge on any atom is 0.267 e. The zero-order valence-corrected chi connectivity index (χ0v) is 19.0. The molecular formula is C23H32ClN3O4. The third-order valence-corrected chi connectivity index (χ3v) is 6.70. The molecule has 1 aliphatic carbocycles. The number of nitrogens with zero attached hydrogens (tertiary/aromatic N) is 2. The Balaban J connectivity index is 0.00000272. The summed E-state index contributed by atoms with van der Waals surface area (Å²) in [5, 5.41) is 11.5. The molecular weight excluding hydrogens is 418 g/mol. The summed E-state index contributed by atoms with van der Waals surface area (Å²) in [6.45, 7) is 7.38. The van der Waals surface area contributed by atoms with E-state index in [1.165, 1.54) is 0 Å². The first-order valence-corrected chi connectivity index (χ1v) is 10.9. The highest BCUT2D eigenvalue weighted by molar-refractivity contribution is 6.02. The second-order valence-electron chi connectivity index (χ2n) is 8.75. The molecule has 3 N–H and O–H groups in total. The number of carbonyl (C=O) groups is 1. The van der Waals surface area contributed by atoms with Crippen molar-refractivity contribution in [3.05, 3.63) is 39.7 Å². The van der Waals surface area contributed by atoms with Crippen molar-refractivity contribution in [1.82, 2.24) is 9.47 Å². The first-order chi connectivity index (χ1) is 14.4. The van der Waals surface area contributed by atoms with Crippen molar-refractivity contribution in [1.29, 1.82) is 0 Å². The molecule has 1 aromatic carbocycles. The van der Waals surface area contributed by atoms with Gasteiger partial charge in [-0.15, -0.1) is 12.4 Å². The zero-order chi connectivity index (χ0) is 21.4. The van der Waals surface area contributed by atoms with Gasteiger partial charge in [-0.3, -0.25) is 14.5 Å². The number of fused-ring (bicyclic) bond motifs is 1. The van der Waals surface area contributed by atoms with Crippen LogP contribution in [0.3, 0.4) is 0 Å². The third kappa shape index (κ3) is 4.31. The minimum Gasteiger partial charge on any atom is -0.506 e. The number of benzene rings is 1. The van der Waals surface area contributed by atoms with Crippen LogP contribution >= 0.6 is 12.4 Å². The lowest BCUT2D eigenvalue weighted by molar-refractivity contribution is 0.00732. The van der Waals surface area contributed by atoms with Crippen LogP contribution < -0.4 is 11.3 Å². The standard InChI is InChI=1S/C23H31N3O4.ClH/c1-14(2)26-18-5-3-4-17(19(18)21(27)20(22(24)28)23(26)29)15-6-8-16(9-7-15)25-10-12-30-13-11-25;/h3-5,14-16,27H,6-13H2,1-2H3,(H2,24,28);1H. The molecule has 0 atom stereocenters. The van der Waals surface area contributed by atoms with Crippen molar-refractivity contribution in [2.45, 2.75) is 57.5 Å². The molecule has 4 rings (SSSR count). The van der Waals surface area contributed by atoms with Crippen molar-refractivity contribution >= 4 is 29.2 Å². The number of aromatic nitrogens is 1. The van der Waals surface area contributed by atoms with Crippen LogP contribution in [0.4, 0.5) is 0 Å². The van der Waals surface area contributed by atoms with E-state index in [1.807, 2.05) is 32.0 Å². The molecule has 1 saturated heterocycles. The summed E-state index contributed by atoms with van der Waals surface area (Å²) >= 11 is 0. The molecule has 0 unspecified atom stereocenters. The molecule has 8 heteroatoms. The minimum atomic E-state index is -0.889. The largest absolute Gasteiger partial charge is 0.506 e. The van der Waals surface area contributed by atoms with Crippen LogP contribution in [0.1, 0.15) is 67.4 Å². The normalized spacial score (nSPS) is 22.4.